The fourth-order valence-corrected chi connectivity index (χ4v) is 2.51. The molecule has 1 atom stereocenters. The number of hydrogen-bond acceptors (Lipinski definition) is 5. The summed E-state index contributed by atoms with van der Waals surface area (Å²) in [5, 5.41) is 4.17. The molecule has 0 amide bonds. The molecule has 0 saturated heterocycles. The van der Waals surface area contributed by atoms with Gasteiger partial charge in [-0.05, 0) is 23.8 Å². The van der Waals surface area contributed by atoms with Crippen LogP contribution >= 0.6 is 0 Å². The highest BCUT2D eigenvalue weighted by atomic mass is 16.7. The first-order valence-electron chi connectivity index (χ1n) is 7.41. The van der Waals surface area contributed by atoms with E-state index < -0.39 is 0 Å². The van der Waals surface area contributed by atoms with E-state index in [4.69, 9.17) is 9.47 Å². The molecule has 5 heteroatoms. The normalized spacial score (nSPS) is 16.5. The predicted octanol–water partition coefficient (Wildman–Crippen LogP) is 3.46. The van der Waals surface area contributed by atoms with Crippen LogP contribution in [0.15, 0.2) is 73.1 Å². The van der Waals surface area contributed by atoms with E-state index in [0.29, 0.717) is 18.0 Å². The predicted molar refractivity (Wildman–Crippen MR) is 87.3 cm³/mol. The van der Waals surface area contributed by atoms with Crippen molar-refractivity contribution in [1.29, 1.82) is 0 Å². The summed E-state index contributed by atoms with van der Waals surface area (Å²) in [5.41, 5.74) is 2.75. The maximum absolute atomic E-state index is 5.81. The monoisotopic (exact) mass is 305 g/mol. The number of pyridine rings is 2. The molecule has 1 N–H and O–H groups in total. The van der Waals surface area contributed by atoms with Gasteiger partial charge in [0.15, 0.2) is 5.65 Å². The summed E-state index contributed by atoms with van der Waals surface area (Å²) in [6.45, 7) is 0. The van der Waals surface area contributed by atoms with Crippen molar-refractivity contribution in [1.82, 2.24) is 9.97 Å². The smallest absolute Gasteiger partial charge is 0.246 e. The zero-order valence-electron chi connectivity index (χ0n) is 12.3. The molecule has 1 aliphatic rings. The van der Waals surface area contributed by atoms with Gasteiger partial charge in [0.2, 0.25) is 12.2 Å². The zero-order valence-corrected chi connectivity index (χ0v) is 12.3. The highest BCUT2D eigenvalue weighted by Crippen LogP contribution is 2.24. The van der Waals surface area contributed by atoms with Gasteiger partial charge in [-0.25, -0.2) is 9.97 Å². The second kappa shape index (κ2) is 5.96. The lowest BCUT2D eigenvalue weighted by molar-refractivity contribution is -0.0285. The lowest BCUT2D eigenvalue weighted by atomic mass is 10.1. The van der Waals surface area contributed by atoms with E-state index in [1.807, 2.05) is 36.4 Å². The first-order valence-corrected chi connectivity index (χ1v) is 7.41. The van der Waals surface area contributed by atoms with Crippen molar-refractivity contribution in [3.8, 4) is 0 Å². The molecule has 0 fully saturated rings. The summed E-state index contributed by atoms with van der Waals surface area (Å²) in [6, 6.07) is 15.9. The van der Waals surface area contributed by atoms with Gasteiger partial charge in [-0.15, -0.1) is 0 Å². The Hall–Kier alpha value is -3.08. The Bertz CT molecular complexity index is 844. The summed E-state index contributed by atoms with van der Waals surface area (Å²) in [7, 11) is 0. The van der Waals surface area contributed by atoms with Crippen molar-refractivity contribution in [3.05, 3.63) is 78.6 Å². The molecule has 0 radical (unpaired) electrons. The second-order valence-corrected chi connectivity index (χ2v) is 5.21. The topological polar surface area (TPSA) is 56.3 Å². The zero-order chi connectivity index (χ0) is 15.5. The molecule has 23 heavy (non-hydrogen) atoms. The Kier molecular flexibility index (Phi) is 3.52. The molecular weight excluding hydrogens is 290 g/mol. The van der Waals surface area contributed by atoms with Gasteiger partial charge in [0.1, 0.15) is 6.26 Å². The van der Waals surface area contributed by atoms with Crippen LogP contribution in [-0.4, -0.2) is 16.3 Å². The summed E-state index contributed by atoms with van der Waals surface area (Å²) in [5.74, 6) is 0.585. The van der Waals surface area contributed by atoms with Crippen LogP contribution in [0.4, 0.5) is 5.69 Å². The van der Waals surface area contributed by atoms with Crippen LogP contribution < -0.4 is 5.32 Å². The summed E-state index contributed by atoms with van der Waals surface area (Å²) < 4.78 is 11.4. The number of anilines is 1. The Morgan fingerprint density at radius 3 is 2.74 bits per heavy atom. The minimum Gasteiger partial charge on any atom is -0.457 e. The van der Waals surface area contributed by atoms with Gasteiger partial charge in [0, 0.05) is 24.2 Å². The minimum atomic E-state index is -0.314. The van der Waals surface area contributed by atoms with Crippen molar-refractivity contribution in [2.75, 3.05) is 5.32 Å². The number of fused-ring (bicyclic) bond motifs is 1. The number of rotatable bonds is 4. The number of nitrogens with one attached hydrogen (secondary N) is 1. The SMILES string of the molecule is C1=C(Nc2ccnc3ncccc23)OC(Cc2ccccc2)O1. The second-order valence-electron chi connectivity index (χ2n) is 5.21. The molecule has 4 rings (SSSR count). The number of benzene rings is 1. The fourth-order valence-electron chi connectivity index (χ4n) is 2.51. The largest absolute Gasteiger partial charge is 0.457 e. The van der Waals surface area contributed by atoms with E-state index in [0.717, 1.165) is 11.1 Å². The van der Waals surface area contributed by atoms with Crippen LogP contribution in [0.2, 0.25) is 0 Å². The van der Waals surface area contributed by atoms with Gasteiger partial charge in [0.05, 0.1) is 5.69 Å². The quantitative estimate of drug-likeness (QED) is 0.800. The van der Waals surface area contributed by atoms with E-state index in [1.165, 1.54) is 5.56 Å². The average molecular weight is 305 g/mol. The van der Waals surface area contributed by atoms with Gasteiger partial charge in [0.25, 0.3) is 0 Å². The molecule has 0 saturated carbocycles. The average Bonchev–Trinajstić information content (AvgIpc) is 3.03. The number of hydrogen-bond donors (Lipinski definition) is 1. The highest BCUT2D eigenvalue weighted by molar-refractivity contribution is 5.88. The van der Waals surface area contributed by atoms with E-state index in [9.17, 15) is 0 Å². The molecule has 2 aromatic heterocycles. The van der Waals surface area contributed by atoms with Crippen molar-refractivity contribution in [2.24, 2.45) is 0 Å². The standard InChI is InChI=1S/C18H15N3O2/c1-2-5-13(6-3-1)11-17-22-12-16(23-17)21-15-8-10-20-18-14(15)7-4-9-19-18/h1-10,12,17H,11H2,(H,19,20,21). The van der Waals surface area contributed by atoms with Crippen LogP contribution in [0.25, 0.3) is 11.0 Å². The Labute approximate surface area is 133 Å². The Morgan fingerprint density at radius 2 is 1.83 bits per heavy atom. The Balaban J connectivity index is 1.46. The molecule has 114 valence electrons. The van der Waals surface area contributed by atoms with Crippen molar-refractivity contribution in [2.45, 2.75) is 12.7 Å². The minimum absolute atomic E-state index is 0.314. The van der Waals surface area contributed by atoms with Crippen LogP contribution in [0.3, 0.4) is 0 Å². The van der Waals surface area contributed by atoms with E-state index in [1.54, 1.807) is 18.7 Å². The van der Waals surface area contributed by atoms with E-state index in [-0.39, 0.29) is 6.29 Å². The number of nitrogens with zero attached hydrogens (tertiary/aromatic N) is 2. The van der Waals surface area contributed by atoms with Crippen LogP contribution in [0.1, 0.15) is 5.56 Å². The third-order valence-corrected chi connectivity index (χ3v) is 3.60. The molecular formula is C18H15N3O2. The third-order valence-electron chi connectivity index (χ3n) is 3.60. The molecule has 0 aliphatic carbocycles. The molecule has 5 nitrogen and oxygen atoms in total. The van der Waals surface area contributed by atoms with Crippen molar-refractivity contribution >= 4 is 16.7 Å². The number of aromatic nitrogens is 2. The van der Waals surface area contributed by atoms with Gasteiger partial charge >= 0.3 is 0 Å². The van der Waals surface area contributed by atoms with Crippen LogP contribution in [-0.2, 0) is 15.9 Å². The molecule has 3 heterocycles. The van der Waals surface area contributed by atoms with E-state index in [2.05, 4.69) is 27.4 Å². The lowest BCUT2D eigenvalue weighted by Gasteiger charge is -2.13. The van der Waals surface area contributed by atoms with Gasteiger partial charge < -0.3 is 14.8 Å². The fraction of sp³-hybridized carbons (Fsp3) is 0.111. The van der Waals surface area contributed by atoms with Crippen LogP contribution in [0.5, 0.6) is 0 Å². The van der Waals surface area contributed by atoms with Gasteiger partial charge in [-0.3, -0.25) is 0 Å². The molecule has 3 aromatic rings. The van der Waals surface area contributed by atoms with Crippen molar-refractivity contribution in [3.63, 3.8) is 0 Å². The number of ether oxygens (including phenoxy) is 2. The molecule has 0 bridgehead atoms. The van der Waals surface area contributed by atoms with Gasteiger partial charge in [-0.1, -0.05) is 30.3 Å². The molecule has 1 unspecified atom stereocenters. The molecule has 1 aliphatic heterocycles. The first-order chi connectivity index (χ1) is 11.4. The van der Waals surface area contributed by atoms with Crippen molar-refractivity contribution < 1.29 is 9.47 Å². The van der Waals surface area contributed by atoms with Gasteiger partial charge in [-0.2, -0.15) is 0 Å². The summed E-state index contributed by atoms with van der Waals surface area (Å²) in [6.07, 6.45) is 5.43. The molecule has 1 aromatic carbocycles. The summed E-state index contributed by atoms with van der Waals surface area (Å²) in [4.78, 5) is 8.49. The summed E-state index contributed by atoms with van der Waals surface area (Å²) >= 11 is 0. The highest BCUT2D eigenvalue weighted by Gasteiger charge is 2.20. The van der Waals surface area contributed by atoms with Crippen LogP contribution in [0, 0.1) is 0 Å². The lowest BCUT2D eigenvalue weighted by Crippen LogP contribution is -2.14. The maximum atomic E-state index is 5.81. The Morgan fingerprint density at radius 1 is 0.957 bits per heavy atom. The maximum Gasteiger partial charge on any atom is 0.246 e. The van der Waals surface area contributed by atoms with E-state index >= 15 is 0 Å². The first kappa shape index (κ1) is 13.6. The molecule has 0 spiro atoms. The third kappa shape index (κ3) is 2.94.